The van der Waals surface area contributed by atoms with E-state index in [0.717, 1.165) is 11.3 Å². The predicted octanol–water partition coefficient (Wildman–Crippen LogP) is 2.64. The zero-order valence-electron chi connectivity index (χ0n) is 8.24. The molecule has 2 heteroatoms. The third kappa shape index (κ3) is 3.28. The summed E-state index contributed by atoms with van der Waals surface area (Å²) in [4.78, 5) is 5.14. The zero-order valence-corrected chi connectivity index (χ0v) is 8.24. The van der Waals surface area contributed by atoms with Crippen LogP contribution in [0.3, 0.4) is 0 Å². The summed E-state index contributed by atoms with van der Waals surface area (Å²) >= 11 is 0. The molecule has 2 nitrogen and oxygen atoms in total. The molecular weight excluding hydrogens is 162 g/mol. The van der Waals surface area contributed by atoms with Crippen LogP contribution in [-0.2, 0) is 4.84 Å². The van der Waals surface area contributed by atoms with Gasteiger partial charge in [-0.2, -0.15) is 0 Å². The molecule has 69 valence electrons. The zero-order chi connectivity index (χ0) is 9.68. The third-order valence-corrected chi connectivity index (χ3v) is 1.54. The fourth-order valence-electron chi connectivity index (χ4n) is 0.865. The van der Waals surface area contributed by atoms with E-state index in [0.29, 0.717) is 0 Å². The topological polar surface area (TPSA) is 21.6 Å². The van der Waals surface area contributed by atoms with E-state index < -0.39 is 0 Å². The summed E-state index contributed by atoms with van der Waals surface area (Å²) in [5.41, 5.74) is 1.96. The average molecular weight is 176 g/mol. The van der Waals surface area contributed by atoms with E-state index in [9.17, 15) is 0 Å². The van der Waals surface area contributed by atoms with Crippen LogP contribution in [0.15, 0.2) is 29.4 Å². The van der Waals surface area contributed by atoms with Crippen LogP contribution in [-0.4, -0.2) is 11.8 Å². The number of hydrogen-bond donors (Lipinski definition) is 0. The van der Waals surface area contributed by atoms with Crippen LogP contribution in [0.2, 0.25) is 0 Å². The van der Waals surface area contributed by atoms with E-state index in [2.05, 4.69) is 11.2 Å². The molecule has 0 aliphatic heterocycles. The van der Waals surface area contributed by atoms with Gasteiger partial charge in [0.2, 0.25) is 0 Å². The summed E-state index contributed by atoms with van der Waals surface area (Å²) < 4.78 is 0. The lowest BCUT2D eigenvalue weighted by Crippen LogP contribution is -2.01. The van der Waals surface area contributed by atoms with Gasteiger partial charge in [0.1, 0.15) is 6.10 Å². The maximum atomic E-state index is 5.14. The molecular formula is C11H14NO. The van der Waals surface area contributed by atoms with Crippen molar-refractivity contribution in [2.45, 2.75) is 26.9 Å². The van der Waals surface area contributed by atoms with Crippen molar-refractivity contribution in [3.8, 4) is 0 Å². The molecule has 13 heavy (non-hydrogen) atoms. The molecule has 0 atom stereocenters. The highest BCUT2D eigenvalue weighted by Crippen LogP contribution is 2.01. The smallest absolute Gasteiger partial charge is 0.122 e. The van der Waals surface area contributed by atoms with Gasteiger partial charge in [0, 0.05) is 0 Å². The van der Waals surface area contributed by atoms with Gasteiger partial charge in [0.25, 0.3) is 0 Å². The van der Waals surface area contributed by atoms with Gasteiger partial charge in [-0.15, -0.1) is 0 Å². The Hall–Kier alpha value is -1.31. The van der Waals surface area contributed by atoms with Gasteiger partial charge in [-0.1, -0.05) is 29.4 Å². The Balaban J connectivity index is 2.68. The van der Waals surface area contributed by atoms with Crippen molar-refractivity contribution in [2.75, 3.05) is 0 Å². The van der Waals surface area contributed by atoms with Crippen molar-refractivity contribution < 1.29 is 4.84 Å². The Morgan fingerprint density at radius 1 is 1.38 bits per heavy atom. The summed E-state index contributed by atoms with van der Waals surface area (Å²) in [5, 5.41) is 4.00. The lowest BCUT2D eigenvalue weighted by Gasteiger charge is -2.04. The molecule has 0 amide bonds. The van der Waals surface area contributed by atoms with E-state index in [1.54, 1.807) is 0 Å². The van der Waals surface area contributed by atoms with Crippen LogP contribution >= 0.6 is 0 Å². The highest BCUT2D eigenvalue weighted by molar-refractivity contribution is 5.98. The molecule has 0 N–H and O–H groups in total. The summed E-state index contributed by atoms with van der Waals surface area (Å²) in [5.74, 6) is 0. The minimum absolute atomic E-state index is 0.130. The molecule has 0 aliphatic rings. The van der Waals surface area contributed by atoms with Crippen LogP contribution in [0.5, 0.6) is 0 Å². The molecule has 1 radical (unpaired) electrons. The minimum atomic E-state index is 0.130. The molecule has 0 bridgehead atoms. The monoisotopic (exact) mass is 176 g/mol. The van der Waals surface area contributed by atoms with Crippen LogP contribution < -0.4 is 0 Å². The summed E-state index contributed by atoms with van der Waals surface area (Å²) in [6.45, 7) is 5.84. The largest absolute Gasteiger partial charge is 0.393 e. The van der Waals surface area contributed by atoms with Crippen LogP contribution in [0, 0.1) is 6.07 Å². The molecule has 1 aromatic rings. The Morgan fingerprint density at radius 2 is 2.00 bits per heavy atom. The van der Waals surface area contributed by atoms with Crippen molar-refractivity contribution in [1.29, 1.82) is 0 Å². The van der Waals surface area contributed by atoms with Gasteiger partial charge in [0.15, 0.2) is 0 Å². The first-order valence-electron chi connectivity index (χ1n) is 4.37. The molecule has 1 rings (SSSR count). The van der Waals surface area contributed by atoms with Crippen molar-refractivity contribution in [2.24, 2.45) is 5.16 Å². The maximum absolute atomic E-state index is 5.14. The second-order valence-electron chi connectivity index (χ2n) is 3.12. The Morgan fingerprint density at radius 3 is 2.54 bits per heavy atom. The van der Waals surface area contributed by atoms with E-state index in [1.165, 1.54) is 0 Å². The number of benzene rings is 1. The highest BCUT2D eigenvalue weighted by Gasteiger charge is 1.96. The minimum Gasteiger partial charge on any atom is -0.393 e. The van der Waals surface area contributed by atoms with E-state index in [4.69, 9.17) is 4.84 Å². The molecule has 0 heterocycles. The van der Waals surface area contributed by atoms with Crippen LogP contribution in [0.25, 0.3) is 0 Å². The quantitative estimate of drug-likeness (QED) is 0.512. The van der Waals surface area contributed by atoms with E-state index in [-0.39, 0.29) is 6.10 Å². The van der Waals surface area contributed by atoms with Gasteiger partial charge in [-0.25, -0.2) is 0 Å². The standard InChI is InChI=1S/C11H14NO/c1-9(2)13-12-10(3)11-7-5-4-6-8-11/h5-9H,1-3H3. The van der Waals surface area contributed by atoms with Crippen molar-refractivity contribution in [3.05, 3.63) is 35.9 Å². The van der Waals surface area contributed by atoms with Gasteiger partial charge < -0.3 is 4.84 Å². The molecule has 0 aliphatic carbocycles. The van der Waals surface area contributed by atoms with Gasteiger partial charge in [-0.05, 0) is 32.4 Å². The Bertz CT molecular complexity index is 277. The van der Waals surface area contributed by atoms with Gasteiger partial charge in [0.05, 0.1) is 5.71 Å². The second kappa shape index (κ2) is 4.65. The fraction of sp³-hybridized carbons (Fsp3) is 0.364. The molecule has 0 unspecified atom stereocenters. The average Bonchev–Trinajstić information content (AvgIpc) is 2.15. The molecule has 0 saturated heterocycles. The van der Waals surface area contributed by atoms with Gasteiger partial charge >= 0.3 is 0 Å². The molecule has 0 fully saturated rings. The highest BCUT2D eigenvalue weighted by atomic mass is 16.6. The summed E-state index contributed by atoms with van der Waals surface area (Å²) in [7, 11) is 0. The first-order chi connectivity index (χ1) is 6.20. The molecule has 0 spiro atoms. The van der Waals surface area contributed by atoms with Crippen molar-refractivity contribution >= 4 is 5.71 Å². The first kappa shape index (κ1) is 9.78. The second-order valence-corrected chi connectivity index (χ2v) is 3.12. The fourth-order valence-corrected chi connectivity index (χ4v) is 0.865. The van der Waals surface area contributed by atoms with E-state index in [1.807, 2.05) is 45.0 Å². The van der Waals surface area contributed by atoms with E-state index >= 15 is 0 Å². The predicted molar refractivity (Wildman–Crippen MR) is 53.7 cm³/mol. The maximum Gasteiger partial charge on any atom is 0.122 e. The number of hydrogen-bond acceptors (Lipinski definition) is 2. The van der Waals surface area contributed by atoms with Crippen LogP contribution in [0.1, 0.15) is 26.3 Å². The van der Waals surface area contributed by atoms with Crippen LogP contribution in [0.4, 0.5) is 0 Å². The Labute approximate surface area is 79.2 Å². The lowest BCUT2D eigenvalue weighted by molar-refractivity contribution is 0.0860. The summed E-state index contributed by atoms with van der Waals surface area (Å²) in [6.07, 6.45) is 0.130. The normalized spacial score (nSPS) is 11.8. The number of oxime groups is 1. The lowest BCUT2D eigenvalue weighted by atomic mass is 10.1. The Kier molecular flexibility index (Phi) is 3.50. The summed E-state index contributed by atoms with van der Waals surface area (Å²) in [6, 6.07) is 10.6. The number of rotatable bonds is 3. The van der Waals surface area contributed by atoms with Crippen molar-refractivity contribution in [1.82, 2.24) is 0 Å². The number of nitrogens with zero attached hydrogens (tertiary/aromatic N) is 1. The third-order valence-electron chi connectivity index (χ3n) is 1.54. The molecule has 0 saturated carbocycles. The van der Waals surface area contributed by atoms with Crippen molar-refractivity contribution in [3.63, 3.8) is 0 Å². The van der Waals surface area contributed by atoms with Gasteiger partial charge in [-0.3, -0.25) is 0 Å². The molecule has 0 aromatic heterocycles. The first-order valence-corrected chi connectivity index (χ1v) is 4.37. The molecule has 1 aromatic carbocycles. The SMILES string of the molecule is CC(=NOC(C)C)c1cc[c]cc1.